The molecule has 1 atom stereocenters. The maximum absolute atomic E-state index is 10.4. The summed E-state index contributed by atoms with van der Waals surface area (Å²) >= 11 is 0. The number of aliphatic hydroxyl groups excluding tert-OH is 1. The van der Waals surface area contributed by atoms with Crippen LogP contribution in [0.4, 0.5) is 0 Å². The summed E-state index contributed by atoms with van der Waals surface area (Å²) in [4.78, 5) is 4.79. The largest absolute Gasteiger partial charge is 0.390 e. The lowest BCUT2D eigenvalue weighted by molar-refractivity contribution is 0.0707. The smallest absolute Gasteiger partial charge is 0.0793 e. The van der Waals surface area contributed by atoms with Gasteiger partial charge in [-0.3, -0.25) is 4.90 Å². The summed E-state index contributed by atoms with van der Waals surface area (Å²) in [6, 6.07) is 8.76. The molecular formula is C17H27N3O. The van der Waals surface area contributed by atoms with Crippen LogP contribution in [0.1, 0.15) is 11.1 Å². The fourth-order valence-corrected chi connectivity index (χ4v) is 3.44. The van der Waals surface area contributed by atoms with Crippen molar-refractivity contribution in [3.8, 4) is 0 Å². The zero-order chi connectivity index (χ0) is 14.5. The average Bonchev–Trinajstić information content (AvgIpc) is 2.71. The summed E-state index contributed by atoms with van der Waals surface area (Å²) in [5.74, 6) is 0. The molecule has 1 fully saturated rings. The van der Waals surface area contributed by atoms with Gasteiger partial charge in [0.15, 0.2) is 0 Å². The number of hydrogen-bond donors (Lipinski definition) is 2. The molecule has 1 aromatic rings. The molecule has 0 radical (unpaired) electrons. The Morgan fingerprint density at radius 1 is 0.905 bits per heavy atom. The summed E-state index contributed by atoms with van der Waals surface area (Å²) in [6.45, 7) is 7.96. The predicted molar refractivity (Wildman–Crippen MR) is 85.6 cm³/mol. The molecule has 2 aliphatic heterocycles. The van der Waals surface area contributed by atoms with Gasteiger partial charge in [0.2, 0.25) is 0 Å². The van der Waals surface area contributed by atoms with Crippen LogP contribution in [0.2, 0.25) is 0 Å². The molecule has 3 rings (SSSR count). The molecule has 4 heteroatoms. The Morgan fingerprint density at radius 2 is 1.43 bits per heavy atom. The minimum atomic E-state index is -0.232. The van der Waals surface area contributed by atoms with Crippen molar-refractivity contribution in [2.24, 2.45) is 0 Å². The number of β-amino-alcohol motifs (C(OH)–C–C–N with tert-alkyl or cyclic N) is 1. The second-order valence-electron chi connectivity index (χ2n) is 6.27. The van der Waals surface area contributed by atoms with Gasteiger partial charge in [0, 0.05) is 52.4 Å². The number of nitrogens with one attached hydrogen (secondary N) is 1. The Bertz CT molecular complexity index is 418. The van der Waals surface area contributed by atoms with Gasteiger partial charge in [0.05, 0.1) is 6.10 Å². The average molecular weight is 289 g/mol. The lowest BCUT2D eigenvalue weighted by atomic mass is 10.0. The second-order valence-corrected chi connectivity index (χ2v) is 6.27. The lowest BCUT2D eigenvalue weighted by Gasteiger charge is -2.31. The zero-order valence-corrected chi connectivity index (χ0v) is 12.8. The quantitative estimate of drug-likeness (QED) is 0.839. The van der Waals surface area contributed by atoms with E-state index in [9.17, 15) is 5.11 Å². The number of benzene rings is 1. The molecule has 2 N–H and O–H groups in total. The van der Waals surface area contributed by atoms with E-state index in [0.29, 0.717) is 0 Å². The number of fused-ring (bicyclic) bond motifs is 1. The van der Waals surface area contributed by atoms with E-state index in [1.807, 2.05) is 0 Å². The molecule has 0 amide bonds. The molecular weight excluding hydrogens is 262 g/mol. The SMILES string of the molecule is OC(CN1CCNCC1)CN1CCc2ccccc2CC1. The normalized spacial score (nSPS) is 22.5. The maximum Gasteiger partial charge on any atom is 0.0793 e. The van der Waals surface area contributed by atoms with E-state index in [0.717, 1.165) is 65.2 Å². The van der Waals surface area contributed by atoms with Crippen molar-refractivity contribution in [2.45, 2.75) is 18.9 Å². The summed E-state index contributed by atoms with van der Waals surface area (Å²) in [6.07, 6.45) is 1.98. The number of hydrogen-bond acceptors (Lipinski definition) is 4. The van der Waals surface area contributed by atoms with Crippen molar-refractivity contribution < 1.29 is 5.11 Å². The van der Waals surface area contributed by atoms with Gasteiger partial charge in [0.1, 0.15) is 0 Å². The third-order valence-electron chi connectivity index (χ3n) is 4.66. The minimum absolute atomic E-state index is 0.232. The highest BCUT2D eigenvalue weighted by Gasteiger charge is 2.19. The molecule has 1 unspecified atom stereocenters. The van der Waals surface area contributed by atoms with E-state index in [-0.39, 0.29) is 6.10 Å². The van der Waals surface area contributed by atoms with Crippen molar-refractivity contribution in [3.63, 3.8) is 0 Å². The third-order valence-corrected chi connectivity index (χ3v) is 4.66. The van der Waals surface area contributed by atoms with Crippen molar-refractivity contribution in [1.82, 2.24) is 15.1 Å². The number of aliphatic hydroxyl groups is 1. The van der Waals surface area contributed by atoms with Crippen LogP contribution >= 0.6 is 0 Å². The number of piperazine rings is 1. The van der Waals surface area contributed by atoms with Crippen LogP contribution in [0.15, 0.2) is 24.3 Å². The van der Waals surface area contributed by atoms with Crippen LogP contribution < -0.4 is 5.32 Å². The molecule has 4 nitrogen and oxygen atoms in total. The molecule has 1 aromatic carbocycles. The van der Waals surface area contributed by atoms with Gasteiger partial charge >= 0.3 is 0 Å². The van der Waals surface area contributed by atoms with E-state index in [1.165, 1.54) is 11.1 Å². The van der Waals surface area contributed by atoms with Gasteiger partial charge in [-0.1, -0.05) is 24.3 Å². The van der Waals surface area contributed by atoms with Gasteiger partial charge in [-0.2, -0.15) is 0 Å². The standard InChI is InChI=1S/C17H27N3O/c21-17(14-20-11-7-18-8-12-20)13-19-9-5-15-3-1-2-4-16(15)6-10-19/h1-4,17-18,21H,5-14H2. The molecule has 116 valence electrons. The summed E-state index contributed by atoms with van der Waals surface area (Å²) < 4.78 is 0. The van der Waals surface area contributed by atoms with Crippen molar-refractivity contribution in [2.75, 3.05) is 52.4 Å². The van der Waals surface area contributed by atoms with E-state index >= 15 is 0 Å². The lowest BCUT2D eigenvalue weighted by Crippen LogP contribution is -2.48. The van der Waals surface area contributed by atoms with Crippen molar-refractivity contribution in [1.29, 1.82) is 0 Å². The second kappa shape index (κ2) is 7.36. The Balaban J connectivity index is 1.47. The molecule has 1 saturated heterocycles. The third kappa shape index (κ3) is 4.27. The Hall–Kier alpha value is -0.940. The number of rotatable bonds is 4. The fraction of sp³-hybridized carbons (Fsp3) is 0.647. The first-order chi connectivity index (χ1) is 10.3. The van der Waals surface area contributed by atoms with Crippen molar-refractivity contribution in [3.05, 3.63) is 35.4 Å². The van der Waals surface area contributed by atoms with Crippen molar-refractivity contribution >= 4 is 0 Å². The zero-order valence-electron chi connectivity index (χ0n) is 12.8. The summed E-state index contributed by atoms with van der Waals surface area (Å²) in [5.41, 5.74) is 2.97. The first-order valence-electron chi connectivity index (χ1n) is 8.21. The van der Waals surface area contributed by atoms with Crippen LogP contribution in [-0.4, -0.2) is 73.4 Å². The maximum atomic E-state index is 10.4. The van der Waals surface area contributed by atoms with Crippen LogP contribution in [0.3, 0.4) is 0 Å². The first kappa shape index (κ1) is 15.0. The van der Waals surface area contributed by atoms with Gasteiger partial charge in [-0.05, 0) is 24.0 Å². The highest BCUT2D eigenvalue weighted by atomic mass is 16.3. The van der Waals surface area contributed by atoms with Crippen LogP contribution in [0.5, 0.6) is 0 Å². The first-order valence-corrected chi connectivity index (χ1v) is 8.21. The van der Waals surface area contributed by atoms with Crippen LogP contribution in [-0.2, 0) is 12.8 Å². The molecule has 2 aliphatic rings. The summed E-state index contributed by atoms with van der Waals surface area (Å²) in [5, 5.41) is 13.7. The van der Waals surface area contributed by atoms with Gasteiger partial charge in [-0.15, -0.1) is 0 Å². The van der Waals surface area contributed by atoms with E-state index in [2.05, 4.69) is 39.4 Å². The predicted octanol–water partition coefficient (Wildman–Crippen LogP) is 0.353. The van der Waals surface area contributed by atoms with Crippen LogP contribution in [0.25, 0.3) is 0 Å². The Morgan fingerprint density at radius 3 is 2.00 bits per heavy atom. The molecule has 2 heterocycles. The molecule has 0 aliphatic carbocycles. The molecule has 0 spiro atoms. The van der Waals surface area contributed by atoms with E-state index in [1.54, 1.807) is 0 Å². The molecule has 0 saturated carbocycles. The number of nitrogens with zero attached hydrogens (tertiary/aromatic N) is 2. The molecule has 0 aromatic heterocycles. The highest BCUT2D eigenvalue weighted by Crippen LogP contribution is 2.15. The topological polar surface area (TPSA) is 38.7 Å². The molecule has 21 heavy (non-hydrogen) atoms. The minimum Gasteiger partial charge on any atom is -0.390 e. The van der Waals surface area contributed by atoms with Gasteiger partial charge < -0.3 is 15.3 Å². The van der Waals surface area contributed by atoms with Gasteiger partial charge in [-0.25, -0.2) is 0 Å². The summed E-state index contributed by atoms with van der Waals surface area (Å²) in [7, 11) is 0. The van der Waals surface area contributed by atoms with E-state index < -0.39 is 0 Å². The fourth-order valence-electron chi connectivity index (χ4n) is 3.44. The monoisotopic (exact) mass is 289 g/mol. The van der Waals surface area contributed by atoms with E-state index in [4.69, 9.17) is 0 Å². The van der Waals surface area contributed by atoms with Gasteiger partial charge in [0.25, 0.3) is 0 Å². The Kier molecular flexibility index (Phi) is 5.25. The van der Waals surface area contributed by atoms with Crippen LogP contribution in [0, 0.1) is 0 Å². The Labute approximate surface area is 127 Å². The highest BCUT2D eigenvalue weighted by molar-refractivity contribution is 5.28. The molecule has 0 bridgehead atoms.